The molecule has 0 unspecified atom stereocenters. The number of likely N-dealkylation sites (tertiary alicyclic amines) is 1. The molecule has 0 aliphatic carbocycles. The number of piperidine rings is 1. The SMILES string of the molecule is C[C@H]1CC[C@](C)(c2ccccc2)N(C(=O)C(=O)Nc2cncc(C(N)=O)c2)C1. The number of carbonyl (C=O) groups excluding carboxylic acids is 3. The van der Waals surface area contributed by atoms with Crippen LogP contribution in [0.15, 0.2) is 48.8 Å². The molecule has 1 aromatic heterocycles. The Kier molecular flexibility index (Phi) is 5.44. The van der Waals surface area contributed by atoms with Gasteiger partial charge in [-0.05, 0) is 37.3 Å². The van der Waals surface area contributed by atoms with Crippen molar-refractivity contribution in [1.82, 2.24) is 9.88 Å². The second-order valence-electron chi connectivity index (χ2n) is 7.48. The zero-order valence-corrected chi connectivity index (χ0v) is 16.0. The van der Waals surface area contributed by atoms with E-state index in [4.69, 9.17) is 5.73 Å². The van der Waals surface area contributed by atoms with Gasteiger partial charge in [0, 0.05) is 12.7 Å². The lowest BCUT2D eigenvalue weighted by molar-refractivity contribution is -0.150. The first-order valence-electron chi connectivity index (χ1n) is 9.24. The minimum absolute atomic E-state index is 0.158. The van der Waals surface area contributed by atoms with Gasteiger partial charge < -0.3 is 16.0 Å². The number of carbonyl (C=O) groups is 3. The van der Waals surface area contributed by atoms with Crippen molar-refractivity contribution in [3.8, 4) is 0 Å². The van der Waals surface area contributed by atoms with Crippen LogP contribution in [-0.4, -0.2) is 34.2 Å². The molecule has 0 bridgehead atoms. The zero-order chi connectivity index (χ0) is 20.3. The van der Waals surface area contributed by atoms with Crippen LogP contribution < -0.4 is 11.1 Å². The van der Waals surface area contributed by atoms with Crippen molar-refractivity contribution in [2.45, 2.75) is 32.2 Å². The van der Waals surface area contributed by atoms with E-state index in [1.54, 1.807) is 4.90 Å². The molecule has 3 amide bonds. The van der Waals surface area contributed by atoms with Gasteiger partial charge in [-0.1, -0.05) is 37.3 Å². The predicted molar refractivity (Wildman–Crippen MR) is 105 cm³/mol. The topological polar surface area (TPSA) is 105 Å². The molecule has 7 nitrogen and oxygen atoms in total. The number of hydrogen-bond acceptors (Lipinski definition) is 4. The van der Waals surface area contributed by atoms with Crippen molar-refractivity contribution in [3.63, 3.8) is 0 Å². The standard InChI is InChI=1S/C21H24N4O3/c1-14-8-9-21(2,16-6-4-3-5-7-16)25(13-14)20(28)19(27)24-17-10-15(18(22)26)11-23-12-17/h3-7,10-12,14H,8-9,13H2,1-2H3,(H2,22,26)(H,24,27)/t14-,21+/m0/s1. The Morgan fingerprint density at radius 1 is 1.21 bits per heavy atom. The highest BCUT2D eigenvalue weighted by molar-refractivity contribution is 6.39. The number of nitrogens with one attached hydrogen (secondary N) is 1. The Labute approximate surface area is 163 Å². The Morgan fingerprint density at radius 2 is 1.93 bits per heavy atom. The Balaban J connectivity index is 1.84. The maximum atomic E-state index is 13.1. The zero-order valence-electron chi connectivity index (χ0n) is 16.0. The van der Waals surface area contributed by atoms with Gasteiger partial charge in [-0.2, -0.15) is 0 Å². The Bertz CT molecular complexity index is 900. The molecule has 2 heterocycles. The maximum Gasteiger partial charge on any atom is 0.313 e. The molecule has 7 heteroatoms. The number of nitrogens with zero attached hydrogens (tertiary/aromatic N) is 2. The lowest BCUT2D eigenvalue weighted by Crippen LogP contribution is -2.55. The van der Waals surface area contributed by atoms with E-state index in [1.165, 1.54) is 18.5 Å². The highest BCUT2D eigenvalue weighted by Crippen LogP contribution is 2.39. The molecule has 2 aromatic rings. The third kappa shape index (κ3) is 3.88. The summed E-state index contributed by atoms with van der Waals surface area (Å²) in [6, 6.07) is 11.2. The predicted octanol–water partition coefficient (Wildman–Crippen LogP) is 2.29. The summed E-state index contributed by atoms with van der Waals surface area (Å²) in [6.45, 7) is 4.56. The summed E-state index contributed by atoms with van der Waals surface area (Å²) in [5.41, 5.74) is 6.09. The molecule has 1 saturated heterocycles. The second-order valence-corrected chi connectivity index (χ2v) is 7.48. The first kappa shape index (κ1) is 19.5. The summed E-state index contributed by atoms with van der Waals surface area (Å²) in [5.74, 6) is -1.73. The van der Waals surface area contributed by atoms with E-state index in [9.17, 15) is 14.4 Å². The van der Waals surface area contributed by atoms with Crippen LogP contribution in [0.1, 0.15) is 42.6 Å². The molecule has 1 aliphatic heterocycles. The molecule has 0 spiro atoms. The fourth-order valence-electron chi connectivity index (χ4n) is 3.62. The molecular formula is C21H24N4O3. The number of aromatic nitrogens is 1. The molecule has 1 aromatic carbocycles. The molecule has 3 rings (SSSR count). The smallest absolute Gasteiger partial charge is 0.313 e. The minimum atomic E-state index is -0.764. The molecule has 1 fully saturated rings. The number of amides is 3. The van der Waals surface area contributed by atoms with Crippen LogP contribution in [0.25, 0.3) is 0 Å². The molecule has 28 heavy (non-hydrogen) atoms. The summed E-state index contributed by atoms with van der Waals surface area (Å²) < 4.78 is 0. The lowest BCUT2D eigenvalue weighted by Gasteiger charge is -2.47. The van der Waals surface area contributed by atoms with E-state index in [0.29, 0.717) is 12.5 Å². The average Bonchev–Trinajstić information content (AvgIpc) is 2.70. The van der Waals surface area contributed by atoms with Gasteiger partial charge in [-0.3, -0.25) is 19.4 Å². The quantitative estimate of drug-likeness (QED) is 0.797. The highest BCUT2D eigenvalue weighted by atomic mass is 16.2. The van der Waals surface area contributed by atoms with Crippen molar-refractivity contribution in [2.24, 2.45) is 11.7 Å². The summed E-state index contributed by atoms with van der Waals surface area (Å²) in [5, 5.41) is 2.54. The largest absolute Gasteiger partial charge is 0.366 e. The third-order valence-electron chi connectivity index (χ3n) is 5.33. The number of anilines is 1. The van der Waals surface area contributed by atoms with E-state index in [2.05, 4.69) is 17.2 Å². The van der Waals surface area contributed by atoms with Gasteiger partial charge in [0.2, 0.25) is 5.91 Å². The van der Waals surface area contributed by atoms with Crippen LogP contribution in [0.5, 0.6) is 0 Å². The highest BCUT2D eigenvalue weighted by Gasteiger charge is 2.42. The van der Waals surface area contributed by atoms with Gasteiger partial charge in [0.1, 0.15) is 0 Å². The van der Waals surface area contributed by atoms with Crippen LogP contribution in [0.3, 0.4) is 0 Å². The van der Waals surface area contributed by atoms with Crippen molar-refractivity contribution < 1.29 is 14.4 Å². The minimum Gasteiger partial charge on any atom is -0.366 e. The maximum absolute atomic E-state index is 13.1. The Hall–Kier alpha value is -3.22. The number of hydrogen-bond donors (Lipinski definition) is 2. The summed E-state index contributed by atoms with van der Waals surface area (Å²) >= 11 is 0. The molecule has 0 radical (unpaired) electrons. The van der Waals surface area contributed by atoms with Gasteiger partial charge >= 0.3 is 11.8 Å². The average molecular weight is 380 g/mol. The van der Waals surface area contributed by atoms with Crippen LogP contribution in [-0.2, 0) is 15.1 Å². The third-order valence-corrected chi connectivity index (χ3v) is 5.33. The summed E-state index contributed by atoms with van der Waals surface area (Å²) in [4.78, 5) is 42.6. The van der Waals surface area contributed by atoms with E-state index < -0.39 is 23.3 Å². The molecule has 2 atom stereocenters. The normalized spacial score (nSPS) is 21.8. The van der Waals surface area contributed by atoms with Crippen LogP contribution in [0.4, 0.5) is 5.69 Å². The summed E-state index contributed by atoms with van der Waals surface area (Å²) in [6.07, 6.45) is 4.42. The summed E-state index contributed by atoms with van der Waals surface area (Å²) in [7, 11) is 0. The van der Waals surface area contributed by atoms with Crippen LogP contribution >= 0.6 is 0 Å². The van der Waals surface area contributed by atoms with Crippen molar-refractivity contribution in [2.75, 3.05) is 11.9 Å². The lowest BCUT2D eigenvalue weighted by atomic mass is 9.79. The number of rotatable bonds is 3. The van der Waals surface area contributed by atoms with E-state index in [0.717, 1.165) is 18.4 Å². The van der Waals surface area contributed by atoms with Crippen LogP contribution in [0.2, 0.25) is 0 Å². The van der Waals surface area contributed by atoms with Gasteiger partial charge in [0.15, 0.2) is 0 Å². The first-order valence-corrected chi connectivity index (χ1v) is 9.24. The van der Waals surface area contributed by atoms with Crippen molar-refractivity contribution in [1.29, 1.82) is 0 Å². The van der Waals surface area contributed by atoms with Gasteiger partial charge in [0.05, 0.1) is 23.0 Å². The molecule has 0 saturated carbocycles. The molecule has 1 aliphatic rings. The van der Waals surface area contributed by atoms with Crippen molar-refractivity contribution >= 4 is 23.4 Å². The van der Waals surface area contributed by atoms with Crippen LogP contribution in [0, 0.1) is 5.92 Å². The monoisotopic (exact) mass is 380 g/mol. The second kappa shape index (κ2) is 7.80. The van der Waals surface area contributed by atoms with E-state index in [-0.39, 0.29) is 11.3 Å². The number of primary amides is 1. The van der Waals surface area contributed by atoms with E-state index >= 15 is 0 Å². The number of nitrogens with two attached hydrogens (primary N) is 1. The molecular weight excluding hydrogens is 356 g/mol. The van der Waals surface area contributed by atoms with Gasteiger partial charge in [-0.15, -0.1) is 0 Å². The number of pyridine rings is 1. The molecule has 146 valence electrons. The Morgan fingerprint density at radius 3 is 2.61 bits per heavy atom. The molecule has 3 N–H and O–H groups in total. The first-order chi connectivity index (χ1) is 13.3. The van der Waals surface area contributed by atoms with Gasteiger partial charge in [-0.25, -0.2) is 0 Å². The van der Waals surface area contributed by atoms with Gasteiger partial charge in [0.25, 0.3) is 0 Å². The number of benzene rings is 1. The fourth-order valence-corrected chi connectivity index (χ4v) is 3.62. The van der Waals surface area contributed by atoms with Crippen molar-refractivity contribution in [3.05, 3.63) is 59.9 Å². The van der Waals surface area contributed by atoms with E-state index in [1.807, 2.05) is 37.3 Å². The fraction of sp³-hybridized carbons (Fsp3) is 0.333.